The maximum atomic E-state index is 11.6. The topological polar surface area (TPSA) is 75.4 Å². The summed E-state index contributed by atoms with van der Waals surface area (Å²) in [5.41, 5.74) is 5.43. The van der Waals surface area contributed by atoms with Crippen LogP contribution in [0.5, 0.6) is 0 Å². The maximum absolute atomic E-state index is 11.6. The van der Waals surface area contributed by atoms with Crippen molar-refractivity contribution in [2.45, 2.75) is 33.6 Å². The van der Waals surface area contributed by atoms with E-state index in [9.17, 15) is 9.59 Å². The van der Waals surface area contributed by atoms with E-state index in [1.165, 1.54) is 0 Å². The Morgan fingerprint density at radius 3 is 2.35 bits per heavy atom. The van der Waals surface area contributed by atoms with Crippen molar-refractivity contribution < 1.29 is 9.59 Å². The van der Waals surface area contributed by atoms with E-state index in [4.69, 9.17) is 5.73 Å². The molecule has 1 atom stereocenters. The summed E-state index contributed by atoms with van der Waals surface area (Å²) >= 11 is 0. The Bertz CT molecular complexity index is 240. The normalized spacial score (nSPS) is 12.0. The van der Waals surface area contributed by atoms with Gasteiger partial charge in [-0.05, 0) is 26.3 Å². The van der Waals surface area contributed by atoms with E-state index >= 15 is 0 Å². The summed E-state index contributed by atoms with van der Waals surface area (Å²) in [6.45, 7) is 8.17. The Morgan fingerprint density at radius 2 is 1.88 bits per heavy atom. The van der Waals surface area contributed by atoms with Crippen molar-refractivity contribution in [1.82, 2.24) is 10.2 Å². The standard InChI is InChI=1S/C12H25N3O2/c1-4-15(5-2)12(17)6-7-14-11(16)8-10(3)9-13/h10H,4-9,13H2,1-3H3,(H,14,16). The molecule has 0 aliphatic carbocycles. The zero-order chi connectivity index (χ0) is 13.3. The molecule has 0 aromatic heterocycles. The minimum Gasteiger partial charge on any atom is -0.356 e. The molecule has 1 unspecified atom stereocenters. The molecule has 0 bridgehead atoms. The van der Waals surface area contributed by atoms with E-state index in [0.717, 1.165) is 0 Å². The van der Waals surface area contributed by atoms with Gasteiger partial charge in [0, 0.05) is 32.5 Å². The first-order valence-corrected chi connectivity index (χ1v) is 6.29. The first kappa shape index (κ1) is 15.9. The predicted octanol–water partition coefficient (Wildman–Crippen LogP) is 0.346. The van der Waals surface area contributed by atoms with Gasteiger partial charge in [-0.1, -0.05) is 6.92 Å². The summed E-state index contributed by atoms with van der Waals surface area (Å²) in [5, 5.41) is 2.74. The summed E-state index contributed by atoms with van der Waals surface area (Å²) in [4.78, 5) is 24.8. The van der Waals surface area contributed by atoms with E-state index in [1.54, 1.807) is 4.90 Å². The summed E-state index contributed by atoms with van der Waals surface area (Å²) in [6, 6.07) is 0. The van der Waals surface area contributed by atoms with Crippen LogP contribution in [-0.2, 0) is 9.59 Å². The Labute approximate surface area is 104 Å². The van der Waals surface area contributed by atoms with Gasteiger partial charge in [0.2, 0.25) is 11.8 Å². The summed E-state index contributed by atoms with van der Waals surface area (Å²) in [6.07, 6.45) is 0.792. The van der Waals surface area contributed by atoms with Crippen LogP contribution in [0, 0.1) is 5.92 Å². The molecule has 0 fully saturated rings. The number of nitrogens with two attached hydrogens (primary N) is 1. The van der Waals surface area contributed by atoms with Crippen LogP contribution in [0.2, 0.25) is 0 Å². The van der Waals surface area contributed by atoms with Gasteiger partial charge in [0.05, 0.1) is 0 Å². The molecule has 0 spiro atoms. The van der Waals surface area contributed by atoms with Crippen LogP contribution >= 0.6 is 0 Å². The minimum absolute atomic E-state index is 0.0321. The lowest BCUT2D eigenvalue weighted by atomic mass is 10.1. The fourth-order valence-electron chi connectivity index (χ4n) is 1.52. The second-order valence-corrected chi connectivity index (χ2v) is 4.21. The predicted molar refractivity (Wildman–Crippen MR) is 68.4 cm³/mol. The molecule has 5 heteroatoms. The molecule has 0 heterocycles. The highest BCUT2D eigenvalue weighted by Gasteiger charge is 2.10. The molecule has 0 rings (SSSR count). The second kappa shape index (κ2) is 8.98. The smallest absolute Gasteiger partial charge is 0.224 e. The van der Waals surface area contributed by atoms with Crippen LogP contribution in [0.4, 0.5) is 0 Å². The number of carbonyl (C=O) groups is 2. The van der Waals surface area contributed by atoms with Gasteiger partial charge in [-0.15, -0.1) is 0 Å². The fourth-order valence-corrected chi connectivity index (χ4v) is 1.52. The number of nitrogens with one attached hydrogen (secondary N) is 1. The third-order valence-corrected chi connectivity index (χ3v) is 2.71. The number of hydrogen-bond acceptors (Lipinski definition) is 3. The van der Waals surface area contributed by atoms with Crippen molar-refractivity contribution in [2.24, 2.45) is 11.7 Å². The molecule has 2 amide bonds. The summed E-state index contributed by atoms with van der Waals surface area (Å²) in [7, 11) is 0. The van der Waals surface area contributed by atoms with Gasteiger partial charge in [0.1, 0.15) is 0 Å². The Kier molecular flexibility index (Phi) is 8.40. The Balaban J connectivity index is 3.76. The van der Waals surface area contributed by atoms with Gasteiger partial charge >= 0.3 is 0 Å². The van der Waals surface area contributed by atoms with Gasteiger partial charge < -0.3 is 16.0 Å². The van der Waals surface area contributed by atoms with Gasteiger partial charge in [-0.2, -0.15) is 0 Å². The minimum atomic E-state index is -0.0321. The number of nitrogens with zero attached hydrogens (tertiary/aromatic N) is 1. The van der Waals surface area contributed by atoms with Gasteiger partial charge in [-0.3, -0.25) is 9.59 Å². The highest BCUT2D eigenvalue weighted by Crippen LogP contribution is 1.98. The van der Waals surface area contributed by atoms with Gasteiger partial charge in [0.25, 0.3) is 0 Å². The molecule has 17 heavy (non-hydrogen) atoms. The van der Waals surface area contributed by atoms with Crippen molar-refractivity contribution >= 4 is 11.8 Å². The third-order valence-electron chi connectivity index (χ3n) is 2.71. The molecule has 3 N–H and O–H groups in total. The maximum Gasteiger partial charge on any atom is 0.224 e. The third kappa shape index (κ3) is 6.94. The van der Waals surface area contributed by atoms with E-state index < -0.39 is 0 Å². The van der Waals surface area contributed by atoms with Crippen molar-refractivity contribution in [1.29, 1.82) is 0 Å². The quantitative estimate of drug-likeness (QED) is 0.646. The van der Waals surface area contributed by atoms with Gasteiger partial charge in [0.15, 0.2) is 0 Å². The van der Waals surface area contributed by atoms with E-state index in [1.807, 2.05) is 20.8 Å². The van der Waals surface area contributed by atoms with Crippen LogP contribution in [-0.4, -0.2) is 42.9 Å². The fraction of sp³-hybridized carbons (Fsp3) is 0.833. The van der Waals surface area contributed by atoms with Crippen LogP contribution in [0.3, 0.4) is 0 Å². The van der Waals surface area contributed by atoms with E-state index in [2.05, 4.69) is 5.32 Å². The first-order valence-electron chi connectivity index (χ1n) is 6.29. The van der Waals surface area contributed by atoms with Crippen molar-refractivity contribution in [3.05, 3.63) is 0 Å². The summed E-state index contributed by atoms with van der Waals surface area (Å²) < 4.78 is 0. The lowest BCUT2D eigenvalue weighted by Crippen LogP contribution is -2.34. The average molecular weight is 243 g/mol. The van der Waals surface area contributed by atoms with Gasteiger partial charge in [-0.25, -0.2) is 0 Å². The van der Waals surface area contributed by atoms with Crippen LogP contribution < -0.4 is 11.1 Å². The highest BCUT2D eigenvalue weighted by molar-refractivity contribution is 5.79. The number of hydrogen-bond donors (Lipinski definition) is 2. The molecule has 100 valence electrons. The Hall–Kier alpha value is -1.10. The van der Waals surface area contributed by atoms with Crippen molar-refractivity contribution in [3.8, 4) is 0 Å². The lowest BCUT2D eigenvalue weighted by molar-refractivity contribution is -0.130. The monoisotopic (exact) mass is 243 g/mol. The zero-order valence-corrected chi connectivity index (χ0v) is 11.2. The van der Waals surface area contributed by atoms with Crippen molar-refractivity contribution in [3.63, 3.8) is 0 Å². The molecule has 0 saturated heterocycles. The van der Waals surface area contributed by atoms with E-state index in [0.29, 0.717) is 39.0 Å². The largest absolute Gasteiger partial charge is 0.356 e. The molecule has 0 aliphatic heterocycles. The molecule has 0 aromatic carbocycles. The second-order valence-electron chi connectivity index (χ2n) is 4.21. The van der Waals surface area contributed by atoms with Crippen molar-refractivity contribution in [2.75, 3.05) is 26.2 Å². The SMILES string of the molecule is CCN(CC)C(=O)CCNC(=O)CC(C)CN. The molecular weight excluding hydrogens is 218 g/mol. The molecular formula is C12H25N3O2. The zero-order valence-electron chi connectivity index (χ0n) is 11.2. The Morgan fingerprint density at radius 1 is 1.29 bits per heavy atom. The van der Waals surface area contributed by atoms with Crippen LogP contribution in [0.25, 0.3) is 0 Å². The first-order chi connectivity index (χ1) is 8.04. The van der Waals surface area contributed by atoms with Crippen LogP contribution in [0.15, 0.2) is 0 Å². The lowest BCUT2D eigenvalue weighted by Gasteiger charge is -2.18. The van der Waals surface area contributed by atoms with Crippen LogP contribution in [0.1, 0.15) is 33.6 Å². The molecule has 0 aromatic rings. The average Bonchev–Trinajstić information content (AvgIpc) is 2.30. The van der Waals surface area contributed by atoms with E-state index in [-0.39, 0.29) is 17.7 Å². The summed E-state index contributed by atoms with van der Waals surface area (Å²) in [5.74, 6) is 0.242. The number of rotatable bonds is 8. The number of amides is 2. The molecule has 0 radical (unpaired) electrons. The molecule has 0 saturated carbocycles. The molecule has 0 aliphatic rings. The number of carbonyl (C=O) groups excluding carboxylic acids is 2. The molecule has 5 nitrogen and oxygen atoms in total. The highest BCUT2D eigenvalue weighted by atomic mass is 16.2.